The van der Waals surface area contributed by atoms with Crippen LogP contribution in [0.2, 0.25) is 0 Å². The van der Waals surface area contributed by atoms with E-state index in [9.17, 15) is 10.2 Å². The van der Waals surface area contributed by atoms with Gasteiger partial charge in [-0.1, -0.05) is 6.07 Å². The summed E-state index contributed by atoms with van der Waals surface area (Å²) in [4.78, 5) is 0. The van der Waals surface area contributed by atoms with Gasteiger partial charge in [0.2, 0.25) is 0 Å². The molecule has 2 aliphatic rings. The highest BCUT2D eigenvalue weighted by Gasteiger charge is 2.50. The van der Waals surface area contributed by atoms with Crippen LogP contribution in [0.4, 0.5) is 0 Å². The molecule has 1 aromatic rings. The molecule has 0 unspecified atom stereocenters. The molecule has 1 aromatic carbocycles. The van der Waals surface area contributed by atoms with Crippen LogP contribution in [0.3, 0.4) is 0 Å². The molecule has 2 N–H and O–H groups in total. The van der Waals surface area contributed by atoms with Gasteiger partial charge in [-0.25, -0.2) is 0 Å². The van der Waals surface area contributed by atoms with Gasteiger partial charge in [-0.2, -0.15) is 0 Å². The molecule has 1 saturated heterocycles. The lowest BCUT2D eigenvalue weighted by atomic mass is 9.74. The highest BCUT2D eigenvalue weighted by Crippen LogP contribution is 2.51. The molecule has 4 heteroatoms. The molecule has 0 radical (unpaired) electrons. The fourth-order valence-electron chi connectivity index (χ4n) is 2.52. The number of aromatic hydroxyl groups is 2. The molecule has 86 valence electrons. The summed E-state index contributed by atoms with van der Waals surface area (Å²) in [6.45, 7) is 1.32. The van der Waals surface area contributed by atoms with Crippen LogP contribution in [0.15, 0.2) is 18.2 Å². The van der Waals surface area contributed by atoms with E-state index in [1.54, 1.807) is 12.1 Å². The van der Waals surface area contributed by atoms with Crippen molar-refractivity contribution in [2.75, 3.05) is 13.2 Å². The fourth-order valence-corrected chi connectivity index (χ4v) is 2.52. The second-order valence-electron chi connectivity index (χ2n) is 4.46. The summed E-state index contributed by atoms with van der Waals surface area (Å²) in [7, 11) is 0. The summed E-state index contributed by atoms with van der Waals surface area (Å²) in [5.41, 5.74) is 0.863. The van der Waals surface area contributed by atoms with Gasteiger partial charge in [0.25, 0.3) is 0 Å². The van der Waals surface area contributed by atoms with E-state index >= 15 is 0 Å². The molecule has 0 bridgehead atoms. The van der Waals surface area contributed by atoms with Crippen molar-refractivity contribution in [2.24, 2.45) is 0 Å². The van der Waals surface area contributed by atoms with Crippen LogP contribution in [-0.4, -0.2) is 29.2 Å². The molecule has 3 rings (SSSR count). The number of hydrogen-bond acceptors (Lipinski definition) is 4. The average Bonchev–Trinajstić information content (AvgIpc) is 2.65. The summed E-state index contributed by atoms with van der Waals surface area (Å²) in [6, 6.07) is 4.73. The van der Waals surface area contributed by atoms with E-state index in [4.69, 9.17) is 9.47 Å². The van der Waals surface area contributed by atoms with Crippen molar-refractivity contribution in [1.29, 1.82) is 0 Å². The Bertz CT molecular complexity index is 401. The summed E-state index contributed by atoms with van der Waals surface area (Å²) in [6.07, 6.45) is 1.57. The second-order valence-corrected chi connectivity index (χ2v) is 4.46. The molecule has 1 aliphatic carbocycles. The highest BCUT2D eigenvalue weighted by atomic mass is 16.7. The minimum atomic E-state index is -0.394. The van der Waals surface area contributed by atoms with E-state index in [0.29, 0.717) is 13.2 Å². The van der Waals surface area contributed by atoms with E-state index in [1.165, 1.54) is 6.07 Å². The van der Waals surface area contributed by atoms with Crippen LogP contribution < -0.4 is 0 Å². The summed E-state index contributed by atoms with van der Waals surface area (Å²) in [5, 5.41) is 18.9. The Labute approximate surface area is 93.4 Å². The smallest absolute Gasteiger partial charge is 0.169 e. The predicted molar refractivity (Wildman–Crippen MR) is 56.4 cm³/mol. The molecule has 1 aliphatic heterocycles. The van der Waals surface area contributed by atoms with Crippen LogP contribution in [-0.2, 0) is 9.47 Å². The molecular weight excluding hydrogens is 208 g/mol. The molecule has 0 amide bonds. The van der Waals surface area contributed by atoms with Crippen molar-refractivity contribution >= 4 is 0 Å². The van der Waals surface area contributed by atoms with Gasteiger partial charge in [-0.3, -0.25) is 0 Å². The number of benzene rings is 1. The Kier molecular flexibility index (Phi) is 2.09. The van der Waals surface area contributed by atoms with E-state index < -0.39 is 5.79 Å². The zero-order valence-electron chi connectivity index (χ0n) is 8.85. The highest BCUT2D eigenvalue weighted by molar-refractivity contribution is 5.42. The number of phenolic OH excluding ortho intramolecular Hbond substituents is 2. The van der Waals surface area contributed by atoms with Crippen molar-refractivity contribution < 1.29 is 19.7 Å². The van der Waals surface area contributed by atoms with Gasteiger partial charge >= 0.3 is 0 Å². The monoisotopic (exact) mass is 222 g/mol. The quantitative estimate of drug-likeness (QED) is 0.759. The second kappa shape index (κ2) is 3.37. The number of ether oxygens (including phenoxy) is 2. The van der Waals surface area contributed by atoms with E-state index in [2.05, 4.69) is 0 Å². The first-order chi connectivity index (χ1) is 7.69. The molecule has 1 heterocycles. The topological polar surface area (TPSA) is 58.9 Å². The first kappa shape index (κ1) is 9.93. The number of rotatable bonds is 1. The first-order valence-corrected chi connectivity index (χ1v) is 5.48. The molecular formula is C12H14O4. The van der Waals surface area contributed by atoms with Crippen molar-refractivity contribution in [3.8, 4) is 11.5 Å². The molecule has 16 heavy (non-hydrogen) atoms. The molecule has 0 aromatic heterocycles. The van der Waals surface area contributed by atoms with E-state index in [1.807, 2.05) is 0 Å². The van der Waals surface area contributed by atoms with E-state index in [-0.39, 0.29) is 17.4 Å². The van der Waals surface area contributed by atoms with Crippen LogP contribution >= 0.6 is 0 Å². The fraction of sp³-hybridized carbons (Fsp3) is 0.500. The normalized spacial score (nSPS) is 23.5. The number of phenols is 2. The Balaban J connectivity index is 1.76. The maximum absolute atomic E-state index is 9.72. The molecule has 1 saturated carbocycles. The zero-order valence-corrected chi connectivity index (χ0v) is 8.85. The Hall–Kier alpha value is -1.26. The van der Waals surface area contributed by atoms with Crippen LogP contribution in [0.5, 0.6) is 11.5 Å². The standard InChI is InChI=1S/C12H14O4/c13-9-1-2-10(11(14)5-9)8-6-12(7-8)15-3-4-16-12/h1-2,5,8,13-14H,3-4,6-7H2. The SMILES string of the molecule is Oc1ccc(C2CC3(C2)OCCO3)c(O)c1. The molecule has 4 nitrogen and oxygen atoms in total. The lowest BCUT2D eigenvalue weighted by Gasteiger charge is -2.43. The van der Waals surface area contributed by atoms with Gasteiger partial charge < -0.3 is 19.7 Å². The Morgan fingerprint density at radius 2 is 1.81 bits per heavy atom. The number of hydrogen-bond donors (Lipinski definition) is 2. The maximum atomic E-state index is 9.72. The summed E-state index contributed by atoms with van der Waals surface area (Å²) in [5.74, 6) is 0.106. The molecule has 1 spiro atoms. The third-order valence-electron chi connectivity index (χ3n) is 3.38. The Morgan fingerprint density at radius 1 is 1.12 bits per heavy atom. The van der Waals surface area contributed by atoms with Crippen molar-refractivity contribution in [2.45, 2.75) is 24.5 Å². The lowest BCUT2D eigenvalue weighted by Crippen LogP contribution is -2.43. The van der Waals surface area contributed by atoms with Crippen LogP contribution in [0.25, 0.3) is 0 Å². The van der Waals surface area contributed by atoms with Gasteiger partial charge in [-0.05, 0) is 17.5 Å². The summed E-state index contributed by atoms with van der Waals surface area (Å²) < 4.78 is 11.1. The summed E-state index contributed by atoms with van der Waals surface area (Å²) >= 11 is 0. The third-order valence-corrected chi connectivity index (χ3v) is 3.38. The third kappa shape index (κ3) is 1.45. The van der Waals surface area contributed by atoms with Crippen molar-refractivity contribution in [3.63, 3.8) is 0 Å². The zero-order chi connectivity index (χ0) is 11.2. The van der Waals surface area contributed by atoms with Gasteiger partial charge in [0.15, 0.2) is 5.79 Å². The minimum Gasteiger partial charge on any atom is -0.508 e. The van der Waals surface area contributed by atoms with Crippen LogP contribution in [0.1, 0.15) is 24.3 Å². The molecule has 0 atom stereocenters. The largest absolute Gasteiger partial charge is 0.508 e. The first-order valence-electron chi connectivity index (χ1n) is 5.48. The maximum Gasteiger partial charge on any atom is 0.169 e. The van der Waals surface area contributed by atoms with E-state index in [0.717, 1.165) is 18.4 Å². The molecule has 2 fully saturated rings. The average molecular weight is 222 g/mol. The van der Waals surface area contributed by atoms with Crippen molar-refractivity contribution in [3.05, 3.63) is 23.8 Å². The predicted octanol–water partition coefficient (Wildman–Crippen LogP) is 1.72. The van der Waals surface area contributed by atoms with Gasteiger partial charge in [0.1, 0.15) is 11.5 Å². The van der Waals surface area contributed by atoms with Crippen LogP contribution in [0, 0.1) is 0 Å². The van der Waals surface area contributed by atoms with Gasteiger partial charge in [-0.15, -0.1) is 0 Å². The Morgan fingerprint density at radius 3 is 2.44 bits per heavy atom. The minimum absolute atomic E-state index is 0.0867. The lowest BCUT2D eigenvalue weighted by molar-refractivity contribution is -0.215. The van der Waals surface area contributed by atoms with Gasteiger partial charge in [0, 0.05) is 18.9 Å². The van der Waals surface area contributed by atoms with Gasteiger partial charge in [0.05, 0.1) is 13.2 Å². The van der Waals surface area contributed by atoms with Crippen molar-refractivity contribution in [1.82, 2.24) is 0 Å².